The SMILES string of the molecule is CCOC(=O)c1ccc(CN2C(=O)S/C(=C/c3ccc(OC)c(OC)c3)C2=O)cc1. The third-order valence-electron chi connectivity index (χ3n) is 4.38. The smallest absolute Gasteiger partial charge is 0.338 e. The molecule has 7 nitrogen and oxygen atoms in total. The zero-order chi connectivity index (χ0) is 21.7. The van der Waals surface area contributed by atoms with Crippen LogP contribution in [0.25, 0.3) is 6.08 Å². The van der Waals surface area contributed by atoms with Gasteiger partial charge in [0.15, 0.2) is 11.5 Å². The van der Waals surface area contributed by atoms with Crippen molar-refractivity contribution in [1.82, 2.24) is 4.90 Å². The van der Waals surface area contributed by atoms with Crippen LogP contribution in [0.15, 0.2) is 47.4 Å². The van der Waals surface area contributed by atoms with E-state index >= 15 is 0 Å². The van der Waals surface area contributed by atoms with Gasteiger partial charge in [-0.05, 0) is 60.2 Å². The third-order valence-corrected chi connectivity index (χ3v) is 5.29. The van der Waals surface area contributed by atoms with Crippen LogP contribution < -0.4 is 9.47 Å². The Balaban J connectivity index is 1.75. The molecule has 156 valence electrons. The second kappa shape index (κ2) is 9.49. The van der Waals surface area contributed by atoms with Crippen molar-refractivity contribution in [2.45, 2.75) is 13.5 Å². The second-order valence-corrected chi connectivity index (χ2v) is 7.29. The molecule has 2 aromatic carbocycles. The lowest BCUT2D eigenvalue weighted by Gasteiger charge is -2.12. The fourth-order valence-electron chi connectivity index (χ4n) is 2.87. The summed E-state index contributed by atoms with van der Waals surface area (Å²) < 4.78 is 15.4. The minimum Gasteiger partial charge on any atom is -0.493 e. The quantitative estimate of drug-likeness (QED) is 0.486. The van der Waals surface area contributed by atoms with E-state index < -0.39 is 5.97 Å². The highest BCUT2D eigenvalue weighted by molar-refractivity contribution is 8.18. The molecule has 0 spiro atoms. The number of carbonyl (C=O) groups is 3. The number of thioether (sulfide) groups is 1. The second-order valence-electron chi connectivity index (χ2n) is 6.30. The molecule has 0 radical (unpaired) electrons. The number of methoxy groups -OCH3 is 2. The van der Waals surface area contributed by atoms with Crippen LogP contribution in [0.2, 0.25) is 0 Å². The third kappa shape index (κ3) is 4.65. The Kier molecular flexibility index (Phi) is 6.79. The largest absolute Gasteiger partial charge is 0.493 e. The molecule has 1 saturated heterocycles. The topological polar surface area (TPSA) is 82.1 Å². The average Bonchev–Trinajstić information content (AvgIpc) is 3.01. The predicted octanol–water partition coefficient (Wildman–Crippen LogP) is 4.12. The molecule has 0 atom stereocenters. The minimum atomic E-state index is -0.409. The molecule has 0 aliphatic carbocycles. The van der Waals surface area contributed by atoms with E-state index in [1.807, 2.05) is 0 Å². The number of carbonyl (C=O) groups excluding carboxylic acids is 3. The van der Waals surface area contributed by atoms with E-state index in [1.54, 1.807) is 62.6 Å². The highest BCUT2D eigenvalue weighted by Crippen LogP contribution is 2.35. The fraction of sp³-hybridized carbons (Fsp3) is 0.227. The molecule has 3 rings (SSSR count). The molecule has 0 aromatic heterocycles. The van der Waals surface area contributed by atoms with E-state index in [0.717, 1.165) is 22.9 Å². The van der Waals surface area contributed by atoms with Crippen LogP contribution in [-0.2, 0) is 16.1 Å². The van der Waals surface area contributed by atoms with Crippen molar-refractivity contribution in [2.24, 2.45) is 0 Å². The van der Waals surface area contributed by atoms with Gasteiger partial charge in [-0.1, -0.05) is 18.2 Å². The molecule has 1 fully saturated rings. The Morgan fingerprint density at radius 2 is 1.73 bits per heavy atom. The molecule has 1 heterocycles. The monoisotopic (exact) mass is 427 g/mol. The molecule has 2 amide bonds. The molecule has 0 saturated carbocycles. The zero-order valence-corrected chi connectivity index (χ0v) is 17.7. The van der Waals surface area contributed by atoms with Crippen LogP contribution in [0.4, 0.5) is 4.79 Å². The number of hydrogen-bond donors (Lipinski definition) is 0. The van der Waals surface area contributed by atoms with Crippen LogP contribution in [0.5, 0.6) is 11.5 Å². The van der Waals surface area contributed by atoms with Crippen LogP contribution >= 0.6 is 11.8 Å². The summed E-state index contributed by atoms with van der Waals surface area (Å²) in [4.78, 5) is 38.4. The van der Waals surface area contributed by atoms with E-state index in [0.29, 0.717) is 28.6 Å². The molecule has 30 heavy (non-hydrogen) atoms. The Morgan fingerprint density at radius 1 is 1.03 bits per heavy atom. The Labute approximate surface area is 178 Å². The molecule has 2 aromatic rings. The van der Waals surface area contributed by atoms with Gasteiger partial charge in [0.05, 0.1) is 37.8 Å². The van der Waals surface area contributed by atoms with E-state index in [9.17, 15) is 14.4 Å². The first-order valence-electron chi connectivity index (χ1n) is 9.20. The van der Waals surface area contributed by atoms with Gasteiger partial charge < -0.3 is 14.2 Å². The first-order chi connectivity index (χ1) is 14.5. The lowest BCUT2D eigenvalue weighted by molar-refractivity contribution is -0.123. The van der Waals surface area contributed by atoms with Gasteiger partial charge in [0.1, 0.15) is 0 Å². The lowest BCUT2D eigenvalue weighted by atomic mass is 10.1. The normalized spacial score (nSPS) is 14.9. The summed E-state index contributed by atoms with van der Waals surface area (Å²) in [6, 6.07) is 11.9. The van der Waals surface area contributed by atoms with Crippen molar-refractivity contribution in [3.63, 3.8) is 0 Å². The fourth-order valence-corrected chi connectivity index (χ4v) is 3.71. The van der Waals surface area contributed by atoms with Crippen molar-refractivity contribution >= 4 is 35.0 Å². The zero-order valence-electron chi connectivity index (χ0n) is 16.8. The van der Waals surface area contributed by atoms with Crippen LogP contribution in [0.3, 0.4) is 0 Å². The average molecular weight is 427 g/mol. The molecule has 1 aliphatic heterocycles. The maximum Gasteiger partial charge on any atom is 0.338 e. The molecule has 0 unspecified atom stereocenters. The van der Waals surface area contributed by atoms with Crippen LogP contribution in [0, 0.1) is 0 Å². The number of rotatable bonds is 7. The van der Waals surface area contributed by atoms with Crippen molar-refractivity contribution in [1.29, 1.82) is 0 Å². The van der Waals surface area contributed by atoms with Crippen molar-refractivity contribution in [2.75, 3.05) is 20.8 Å². The van der Waals surface area contributed by atoms with E-state index in [-0.39, 0.29) is 17.7 Å². The highest BCUT2D eigenvalue weighted by atomic mass is 32.2. The van der Waals surface area contributed by atoms with Gasteiger partial charge in [-0.25, -0.2) is 4.79 Å². The first-order valence-corrected chi connectivity index (χ1v) is 10.0. The number of esters is 1. The summed E-state index contributed by atoms with van der Waals surface area (Å²) in [5.41, 5.74) is 1.87. The summed E-state index contributed by atoms with van der Waals surface area (Å²) in [5.74, 6) is 0.337. The predicted molar refractivity (Wildman–Crippen MR) is 113 cm³/mol. The number of hydrogen-bond acceptors (Lipinski definition) is 7. The molecule has 8 heteroatoms. The van der Waals surface area contributed by atoms with Gasteiger partial charge in [0, 0.05) is 0 Å². The standard InChI is InChI=1S/C22H21NO6S/c1-4-29-21(25)16-8-5-14(6-9-16)13-23-20(24)19(30-22(23)26)12-15-7-10-17(27-2)18(11-15)28-3/h5-12H,4,13H2,1-3H3/b19-12+. The van der Waals surface area contributed by atoms with Crippen molar-refractivity contribution < 1.29 is 28.6 Å². The van der Waals surface area contributed by atoms with Gasteiger partial charge in [-0.2, -0.15) is 0 Å². The maximum absolute atomic E-state index is 12.7. The van der Waals surface area contributed by atoms with Gasteiger partial charge in [-0.3, -0.25) is 14.5 Å². The number of amides is 2. The summed E-state index contributed by atoms with van der Waals surface area (Å²) >= 11 is 0.886. The van der Waals surface area contributed by atoms with Crippen molar-refractivity contribution in [3.8, 4) is 11.5 Å². The molecule has 0 bridgehead atoms. The van der Waals surface area contributed by atoms with E-state index in [1.165, 1.54) is 12.0 Å². The Bertz CT molecular complexity index is 999. The number of nitrogens with zero attached hydrogens (tertiary/aromatic N) is 1. The number of ether oxygens (including phenoxy) is 3. The maximum atomic E-state index is 12.7. The molecule has 0 N–H and O–H groups in total. The van der Waals surface area contributed by atoms with E-state index in [4.69, 9.17) is 14.2 Å². The van der Waals surface area contributed by atoms with Crippen molar-refractivity contribution in [3.05, 3.63) is 64.1 Å². The Hall–Kier alpha value is -3.26. The van der Waals surface area contributed by atoms with Gasteiger partial charge >= 0.3 is 5.97 Å². The van der Waals surface area contributed by atoms with Crippen LogP contribution in [-0.4, -0.2) is 42.8 Å². The first kappa shape index (κ1) is 21.4. The lowest BCUT2D eigenvalue weighted by Crippen LogP contribution is -2.27. The van der Waals surface area contributed by atoms with Gasteiger partial charge in [0.25, 0.3) is 11.1 Å². The minimum absolute atomic E-state index is 0.122. The Morgan fingerprint density at radius 3 is 2.37 bits per heavy atom. The highest BCUT2D eigenvalue weighted by Gasteiger charge is 2.35. The van der Waals surface area contributed by atoms with Gasteiger partial charge in [0.2, 0.25) is 0 Å². The van der Waals surface area contributed by atoms with Gasteiger partial charge in [-0.15, -0.1) is 0 Å². The molecular formula is C22H21NO6S. The van der Waals surface area contributed by atoms with Crippen LogP contribution in [0.1, 0.15) is 28.4 Å². The molecular weight excluding hydrogens is 406 g/mol. The summed E-state index contributed by atoms with van der Waals surface area (Å²) in [5, 5.41) is -0.346. The van der Waals surface area contributed by atoms with E-state index in [2.05, 4.69) is 0 Å². The summed E-state index contributed by atoms with van der Waals surface area (Å²) in [6.45, 7) is 2.16. The molecule has 1 aliphatic rings. The number of benzene rings is 2. The number of imide groups is 1. The summed E-state index contributed by atoms with van der Waals surface area (Å²) in [6.07, 6.45) is 1.65. The summed E-state index contributed by atoms with van der Waals surface area (Å²) in [7, 11) is 3.07.